The summed E-state index contributed by atoms with van der Waals surface area (Å²) in [6.45, 7) is 0.344. The molecule has 0 radical (unpaired) electrons. The van der Waals surface area contributed by atoms with Crippen LogP contribution in [0.1, 0.15) is 29.2 Å². The molecular formula is C27H26N2O4S. The molecule has 0 aromatic heterocycles. The minimum absolute atomic E-state index is 0.0339. The second-order valence-corrected chi connectivity index (χ2v) is 10.4. The molecular weight excluding hydrogens is 448 g/mol. The number of para-hydroxylation sites is 1. The van der Waals surface area contributed by atoms with E-state index in [-0.39, 0.29) is 29.5 Å². The molecule has 2 aliphatic heterocycles. The average molecular weight is 475 g/mol. The predicted octanol–water partition coefficient (Wildman–Crippen LogP) is 3.63. The van der Waals surface area contributed by atoms with E-state index in [0.717, 1.165) is 22.4 Å². The van der Waals surface area contributed by atoms with E-state index in [2.05, 4.69) is 17.2 Å². The first-order valence-corrected chi connectivity index (χ1v) is 12.7. The highest BCUT2D eigenvalue weighted by molar-refractivity contribution is 7.89. The van der Waals surface area contributed by atoms with Gasteiger partial charge in [-0.2, -0.15) is 4.31 Å². The lowest BCUT2D eigenvalue weighted by molar-refractivity contribution is 0.210. The first-order chi connectivity index (χ1) is 16.5. The number of nitrogens with one attached hydrogen (secondary N) is 1. The van der Waals surface area contributed by atoms with Crippen molar-refractivity contribution < 1.29 is 18.3 Å². The van der Waals surface area contributed by atoms with Gasteiger partial charge in [0, 0.05) is 23.7 Å². The fraction of sp³-hybridized carbons (Fsp3) is 0.259. The minimum Gasteiger partial charge on any atom is -0.495 e. The van der Waals surface area contributed by atoms with Crippen molar-refractivity contribution in [3.63, 3.8) is 0 Å². The van der Waals surface area contributed by atoms with E-state index in [0.29, 0.717) is 18.7 Å². The number of aliphatic hydroxyl groups is 1. The van der Waals surface area contributed by atoms with E-state index < -0.39 is 10.0 Å². The maximum absolute atomic E-state index is 13.6. The van der Waals surface area contributed by atoms with Crippen LogP contribution in [-0.4, -0.2) is 44.1 Å². The molecule has 34 heavy (non-hydrogen) atoms. The molecule has 5 rings (SSSR count). The van der Waals surface area contributed by atoms with E-state index in [1.54, 1.807) is 41.7 Å². The van der Waals surface area contributed by atoms with Crippen LogP contribution in [0.2, 0.25) is 0 Å². The van der Waals surface area contributed by atoms with Crippen LogP contribution >= 0.6 is 0 Å². The molecule has 3 aromatic rings. The zero-order valence-electron chi connectivity index (χ0n) is 18.8. The minimum atomic E-state index is -3.69. The monoisotopic (exact) mass is 474 g/mol. The van der Waals surface area contributed by atoms with Gasteiger partial charge in [0.2, 0.25) is 10.0 Å². The van der Waals surface area contributed by atoms with E-state index in [1.807, 2.05) is 42.5 Å². The fourth-order valence-corrected chi connectivity index (χ4v) is 6.67. The lowest BCUT2D eigenvalue weighted by Gasteiger charge is -2.38. The number of hydrogen-bond acceptors (Lipinski definition) is 5. The van der Waals surface area contributed by atoms with Crippen molar-refractivity contribution >= 4 is 15.7 Å². The number of benzene rings is 3. The van der Waals surface area contributed by atoms with Gasteiger partial charge in [-0.3, -0.25) is 0 Å². The molecule has 7 heteroatoms. The van der Waals surface area contributed by atoms with E-state index in [9.17, 15) is 13.5 Å². The summed E-state index contributed by atoms with van der Waals surface area (Å²) >= 11 is 0. The first-order valence-electron chi connectivity index (χ1n) is 11.3. The van der Waals surface area contributed by atoms with E-state index >= 15 is 0 Å². The molecule has 2 heterocycles. The molecule has 0 unspecified atom stereocenters. The Bertz CT molecular complexity index is 1360. The van der Waals surface area contributed by atoms with Crippen LogP contribution in [0.5, 0.6) is 5.75 Å². The van der Waals surface area contributed by atoms with Crippen LogP contribution in [0, 0.1) is 17.8 Å². The summed E-state index contributed by atoms with van der Waals surface area (Å²) in [5.41, 5.74) is 3.29. The van der Waals surface area contributed by atoms with Gasteiger partial charge >= 0.3 is 0 Å². The number of aliphatic hydroxyl groups excluding tert-OH is 1. The highest BCUT2D eigenvalue weighted by Gasteiger charge is 2.48. The molecule has 0 aliphatic carbocycles. The van der Waals surface area contributed by atoms with Crippen molar-refractivity contribution in [3.05, 3.63) is 89.5 Å². The van der Waals surface area contributed by atoms with Crippen LogP contribution in [-0.2, 0) is 10.0 Å². The molecule has 1 fully saturated rings. The van der Waals surface area contributed by atoms with Crippen LogP contribution in [0.25, 0.3) is 0 Å². The smallest absolute Gasteiger partial charge is 0.243 e. The summed E-state index contributed by atoms with van der Waals surface area (Å²) in [4.78, 5) is 0.281. The summed E-state index contributed by atoms with van der Waals surface area (Å²) in [5, 5.41) is 13.4. The molecule has 2 N–H and O–H groups in total. The van der Waals surface area contributed by atoms with Gasteiger partial charge in [0.25, 0.3) is 0 Å². The summed E-state index contributed by atoms with van der Waals surface area (Å²) in [7, 11) is -2.07. The summed E-state index contributed by atoms with van der Waals surface area (Å²) in [6, 6.07) is 21.3. The van der Waals surface area contributed by atoms with Gasteiger partial charge in [-0.25, -0.2) is 8.42 Å². The van der Waals surface area contributed by atoms with E-state index in [1.165, 1.54) is 0 Å². The molecule has 1 saturated heterocycles. The number of ether oxygens (including phenoxy) is 1. The lowest BCUT2D eigenvalue weighted by atomic mass is 9.83. The van der Waals surface area contributed by atoms with Crippen molar-refractivity contribution in [3.8, 4) is 17.6 Å². The Balaban J connectivity index is 1.56. The van der Waals surface area contributed by atoms with Gasteiger partial charge in [-0.15, -0.1) is 0 Å². The Hall–Kier alpha value is -3.31. The quantitative estimate of drug-likeness (QED) is 0.565. The third-order valence-corrected chi connectivity index (χ3v) is 8.52. The Morgan fingerprint density at radius 1 is 1.06 bits per heavy atom. The topological polar surface area (TPSA) is 78.9 Å². The number of rotatable bonds is 4. The zero-order chi connectivity index (χ0) is 23.7. The average Bonchev–Trinajstić information content (AvgIpc) is 3.34. The predicted molar refractivity (Wildman–Crippen MR) is 131 cm³/mol. The largest absolute Gasteiger partial charge is 0.495 e. The van der Waals surface area contributed by atoms with Crippen molar-refractivity contribution in [2.24, 2.45) is 5.92 Å². The van der Waals surface area contributed by atoms with Crippen molar-refractivity contribution in [2.45, 2.75) is 23.4 Å². The molecule has 174 valence electrons. The van der Waals surface area contributed by atoms with Gasteiger partial charge in [-0.05, 0) is 54.4 Å². The Morgan fingerprint density at radius 3 is 2.59 bits per heavy atom. The summed E-state index contributed by atoms with van der Waals surface area (Å²) in [6.07, 6.45) is 0.672. The van der Waals surface area contributed by atoms with E-state index in [4.69, 9.17) is 4.74 Å². The third-order valence-electron chi connectivity index (χ3n) is 6.62. The number of hydrogen-bond donors (Lipinski definition) is 2. The fourth-order valence-electron chi connectivity index (χ4n) is 4.98. The Kier molecular flexibility index (Phi) is 6.05. The lowest BCUT2D eigenvalue weighted by Crippen LogP contribution is -2.42. The van der Waals surface area contributed by atoms with Crippen LogP contribution < -0.4 is 10.1 Å². The van der Waals surface area contributed by atoms with Gasteiger partial charge in [0.1, 0.15) is 5.75 Å². The van der Waals surface area contributed by atoms with Crippen LogP contribution in [0.15, 0.2) is 77.7 Å². The maximum atomic E-state index is 13.6. The third kappa shape index (κ3) is 3.94. The number of sulfonamides is 1. The molecule has 3 atom stereocenters. The SMILES string of the molecule is COc1ccccc1C#Cc1ccc2c(c1)[C@@H]1[C@@H](CCN1S(=O)(=O)c1ccccc1)[C@@H](CO)N2. The molecule has 0 bridgehead atoms. The van der Waals surface area contributed by atoms with Crippen molar-refractivity contribution in [1.29, 1.82) is 0 Å². The molecule has 6 nitrogen and oxygen atoms in total. The van der Waals surface area contributed by atoms with Gasteiger partial charge in [0.15, 0.2) is 0 Å². The zero-order valence-corrected chi connectivity index (χ0v) is 19.6. The standard InChI is InChI=1S/C27H26N2O4S/c1-33-26-10-6-5-7-20(26)13-11-19-12-14-24-23(17-19)27-22(25(18-30)28-24)15-16-29(27)34(31,32)21-8-3-2-4-9-21/h2-10,12,14,17,22,25,27-28,30H,15-16,18H2,1H3/t22-,25+,27-/m0/s1. The number of nitrogens with zero attached hydrogens (tertiary/aromatic N) is 1. The summed E-state index contributed by atoms with van der Waals surface area (Å²) in [5.74, 6) is 7.04. The number of anilines is 1. The van der Waals surface area contributed by atoms with Crippen LogP contribution in [0.3, 0.4) is 0 Å². The van der Waals surface area contributed by atoms with Gasteiger partial charge < -0.3 is 15.2 Å². The van der Waals surface area contributed by atoms with Crippen molar-refractivity contribution in [1.82, 2.24) is 4.31 Å². The molecule has 3 aromatic carbocycles. The maximum Gasteiger partial charge on any atom is 0.243 e. The molecule has 0 saturated carbocycles. The normalized spacial score (nSPS) is 21.5. The highest BCUT2D eigenvalue weighted by atomic mass is 32.2. The number of fused-ring (bicyclic) bond motifs is 3. The van der Waals surface area contributed by atoms with Crippen molar-refractivity contribution in [2.75, 3.05) is 25.6 Å². The van der Waals surface area contributed by atoms with Gasteiger partial charge in [0.05, 0.1) is 36.3 Å². The molecule has 0 amide bonds. The second kappa shape index (κ2) is 9.15. The van der Waals surface area contributed by atoms with Gasteiger partial charge in [-0.1, -0.05) is 42.2 Å². The van der Waals surface area contributed by atoms with Crippen LogP contribution in [0.4, 0.5) is 5.69 Å². The molecule has 0 spiro atoms. The number of methoxy groups -OCH3 is 1. The Morgan fingerprint density at radius 2 is 1.82 bits per heavy atom. The highest BCUT2D eigenvalue weighted by Crippen LogP contribution is 2.48. The second-order valence-electron chi connectivity index (χ2n) is 8.51. The first kappa shape index (κ1) is 22.5. The summed E-state index contributed by atoms with van der Waals surface area (Å²) < 4.78 is 34.1. The molecule has 2 aliphatic rings. The Labute approximate surface area is 200 Å².